The molecular formula is C24H34N6O4. The number of ether oxygens (including phenoxy) is 1. The average Bonchev–Trinajstić information content (AvgIpc) is 3.38. The molecule has 3 aliphatic rings. The maximum Gasteiger partial charge on any atom is 0.257 e. The number of nitrogens with one attached hydrogen (secondary N) is 1. The molecule has 0 unspecified atom stereocenters. The van der Waals surface area contributed by atoms with Gasteiger partial charge in [-0.2, -0.15) is 4.98 Å². The van der Waals surface area contributed by atoms with Crippen molar-refractivity contribution >= 4 is 28.6 Å². The molecule has 0 radical (unpaired) electrons. The zero-order valence-corrected chi connectivity index (χ0v) is 19.7. The third-order valence-corrected chi connectivity index (χ3v) is 7.69. The van der Waals surface area contributed by atoms with E-state index in [0.29, 0.717) is 67.4 Å². The lowest BCUT2D eigenvalue weighted by Crippen LogP contribution is -2.44. The molecule has 2 aromatic rings. The van der Waals surface area contributed by atoms with Gasteiger partial charge in [-0.25, -0.2) is 4.98 Å². The Bertz CT molecular complexity index is 1110. The third-order valence-electron chi connectivity index (χ3n) is 7.69. The zero-order chi connectivity index (χ0) is 23.8. The van der Waals surface area contributed by atoms with Gasteiger partial charge in [-0.1, -0.05) is 0 Å². The van der Waals surface area contributed by atoms with E-state index in [1.54, 1.807) is 17.7 Å². The van der Waals surface area contributed by atoms with Crippen molar-refractivity contribution in [1.82, 2.24) is 19.4 Å². The van der Waals surface area contributed by atoms with Crippen molar-refractivity contribution in [3.63, 3.8) is 0 Å². The van der Waals surface area contributed by atoms with Gasteiger partial charge in [0.2, 0.25) is 11.9 Å². The summed E-state index contributed by atoms with van der Waals surface area (Å²) < 4.78 is 7.24. The summed E-state index contributed by atoms with van der Waals surface area (Å²) in [6.07, 6.45) is 6.87. The molecule has 1 amide bonds. The molecule has 2 aliphatic heterocycles. The number of hydrogen-bond donors (Lipinski definition) is 3. The van der Waals surface area contributed by atoms with E-state index >= 15 is 0 Å². The Labute approximate surface area is 198 Å². The van der Waals surface area contributed by atoms with Gasteiger partial charge in [0.25, 0.3) is 5.56 Å². The number of amides is 1. The molecule has 10 nitrogen and oxygen atoms in total. The molecule has 184 valence electrons. The van der Waals surface area contributed by atoms with Crippen LogP contribution in [0.2, 0.25) is 0 Å². The van der Waals surface area contributed by atoms with Crippen molar-refractivity contribution in [2.75, 3.05) is 37.4 Å². The van der Waals surface area contributed by atoms with Gasteiger partial charge in [0.15, 0.2) is 5.65 Å². The first-order valence-electron chi connectivity index (χ1n) is 12.4. The second kappa shape index (κ2) is 9.50. The fourth-order valence-corrected chi connectivity index (χ4v) is 5.49. The molecule has 2 aromatic heterocycles. The van der Waals surface area contributed by atoms with E-state index in [-0.39, 0.29) is 35.6 Å². The molecule has 2 saturated heterocycles. The van der Waals surface area contributed by atoms with Crippen LogP contribution in [0.1, 0.15) is 56.6 Å². The summed E-state index contributed by atoms with van der Waals surface area (Å²) in [6.45, 7) is 4.15. The van der Waals surface area contributed by atoms with E-state index in [2.05, 4.69) is 10.3 Å². The van der Waals surface area contributed by atoms with E-state index in [9.17, 15) is 14.7 Å². The van der Waals surface area contributed by atoms with Crippen molar-refractivity contribution in [1.29, 1.82) is 0 Å². The largest absolute Gasteiger partial charge is 0.398 e. The van der Waals surface area contributed by atoms with Crippen molar-refractivity contribution < 1.29 is 14.6 Å². The first-order chi connectivity index (χ1) is 16.4. The van der Waals surface area contributed by atoms with Crippen LogP contribution >= 0.6 is 0 Å². The summed E-state index contributed by atoms with van der Waals surface area (Å²) in [6, 6.07) is 0.108. The van der Waals surface area contributed by atoms with Crippen molar-refractivity contribution in [2.45, 2.75) is 70.1 Å². The molecule has 1 atom stereocenters. The Balaban J connectivity index is 1.29. The van der Waals surface area contributed by atoms with Gasteiger partial charge in [0, 0.05) is 43.4 Å². The smallest absolute Gasteiger partial charge is 0.257 e. The standard InChI is InChI=1S/C24H34N6O4/c1-14-20(25)19-12-26-24(28-21(19)30(22(14)32)17-8-11-34-13-17)27-16-4-2-15(3-5-16)23(33)29-9-6-18(31)7-10-29/h12,15-18,31H,2-11,13,25H2,1H3,(H,26,27,28)/t15?,16?,17-/m1/s1. The minimum Gasteiger partial charge on any atom is -0.398 e. The lowest BCUT2D eigenvalue weighted by Gasteiger charge is -2.35. The Kier molecular flexibility index (Phi) is 6.44. The van der Waals surface area contributed by atoms with Crippen LogP contribution < -0.4 is 16.6 Å². The highest BCUT2D eigenvalue weighted by Gasteiger charge is 2.31. The van der Waals surface area contributed by atoms with E-state index in [0.717, 1.165) is 32.1 Å². The van der Waals surface area contributed by atoms with Crippen LogP contribution in [0, 0.1) is 12.8 Å². The summed E-state index contributed by atoms with van der Waals surface area (Å²) in [7, 11) is 0. The lowest BCUT2D eigenvalue weighted by atomic mass is 9.85. The lowest BCUT2D eigenvalue weighted by molar-refractivity contribution is -0.138. The van der Waals surface area contributed by atoms with E-state index in [4.69, 9.17) is 15.5 Å². The van der Waals surface area contributed by atoms with Crippen LogP contribution in [0.3, 0.4) is 0 Å². The van der Waals surface area contributed by atoms with Gasteiger partial charge < -0.3 is 25.8 Å². The SMILES string of the molecule is Cc1c(N)c2cnc(NC3CCC(C(=O)N4CCC(O)CC4)CC3)nc2n([C@@H]2CCOC2)c1=O. The Morgan fingerprint density at radius 3 is 2.59 bits per heavy atom. The molecule has 10 heteroatoms. The Hall–Kier alpha value is -2.72. The van der Waals surface area contributed by atoms with Crippen LogP contribution in [0.15, 0.2) is 11.0 Å². The summed E-state index contributed by atoms with van der Waals surface area (Å²) in [5.74, 6) is 0.740. The minimum absolute atomic E-state index is 0.0427. The van der Waals surface area contributed by atoms with Crippen LogP contribution in [-0.4, -0.2) is 68.9 Å². The van der Waals surface area contributed by atoms with Gasteiger partial charge in [-0.3, -0.25) is 14.2 Å². The molecule has 4 N–H and O–H groups in total. The predicted octanol–water partition coefficient (Wildman–Crippen LogP) is 1.60. The molecule has 1 aliphatic carbocycles. The number of nitrogens with two attached hydrogens (primary N) is 1. The highest BCUT2D eigenvalue weighted by molar-refractivity contribution is 5.89. The Morgan fingerprint density at radius 1 is 1.18 bits per heavy atom. The highest BCUT2D eigenvalue weighted by atomic mass is 16.5. The average molecular weight is 471 g/mol. The monoisotopic (exact) mass is 470 g/mol. The van der Waals surface area contributed by atoms with Gasteiger partial charge in [-0.05, 0) is 51.9 Å². The van der Waals surface area contributed by atoms with Crippen LogP contribution in [0.4, 0.5) is 11.6 Å². The van der Waals surface area contributed by atoms with E-state index < -0.39 is 0 Å². The predicted molar refractivity (Wildman–Crippen MR) is 129 cm³/mol. The van der Waals surface area contributed by atoms with Crippen molar-refractivity contribution in [2.24, 2.45) is 5.92 Å². The van der Waals surface area contributed by atoms with Gasteiger partial charge in [-0.15, -0.1) is 0 Å². The van der Waals surface area contributed by atoms with Gasteiger partial charge in [0.1, 0.15) is 0 Å². The fourth-order valence-electron chi connectivity index (χ4n) is 5.49. The molecule has 0 aromatic carbocycles. The number of fused-ring (bicyclic) bond motifs is 1. The number of likely N-dealkylation sites (tertiary alicyclic amines) is 1. The van der Waals surface area contributed by atoms with Crippen molar-refractivity contribution in [3.05, 3.63) is 22.1 Å². The molecule has 1 saturated carbocycles. The zero-order valence-electron chi connectivity index (χ0n) is 19.7. The van der Waals surface area contributed by atoms with Gasteiger partial charge in [0.05, 0.1) is 29.8 Å². The summed E-state index contributed by atoms with van der Waals surface area (Å²) in [5, 5.41) is 13.8. The minimum atomic E-state index is -0.275. The number of aromatic nitrogens is 3. The molecule has 0 bridgehead atoms. The quantitative estimate of drug-likeness (QED) is 0.613. The number of anilines is 2. The highest BCUT2D eigenvalue weighted by Crippen LogP contribution is 2.30. The van der Waals surface area contributed by atoms with E-state index in [1.165, 1.54) is 0 Å². The summed E-state index contributed by atoms with van der Waals surface area (Å²) in [4.78, 5) is 37.0. The maximum absolute atomic E-state index is 13.0. The molecule has 5 rings (SSSR count). The van der Waals surface area contributed by atoms with Crippen LogP contribution in [0.5, 0.6) is 0 Å². The Morgan fingerprint density at radius 2 is 1.91 bits per heavy atom. The van der Waals surface area contributed by atoms with Gasteiger partial charge >= 0.3 is 0 Å². The first-order valence-corrected chi connectivity index (χ1v) is 12.4. The second-order valence-corrected chi connectivity index (χ2v) is 9.91. The number of nitrogen functional groups attached to an aromatic ring is 1. The summed E-state index contributed by atoms with van der Waals surface area (Å²) >= 11 is 0. The number of carbonyl (C=O) groups is 1. The number of pyridine rings is 1. The molecule has 0 spiro atoms. The topological polar surface area (TPSA) is 136 Å². The second-order valence-electron chi connectivity index (χ2n) is 9.91. The van der Waals surface area contributed by atoms with Crippen LogP contribution in [0.25, 0.3) is 11.0 Å². The number of carbonyl (C=O) groups excluding carboxylic acids is 1. The molecule has 3 fully saturated rings. The third kappa shape index (κ3) is 4.36. The first kappa shape index (κ1) is 23.0. The number of aliphatic hydroxyl groups excluding tert-OH is 1. The fraction of sp³-hybridized carbons (Fsp3) is 0.667. The number of aliphatic hydroxyl groups is 1. The van der Waals surface area contributed by atoms with E-state index in [1.807, 2.05) is 4.90 Å². The molecule has 4 heterocycles. The number of hydrogen-bond acceptors (Lipinski definition) is 8. The summed E-state index contributed by atoms with van der Waals surface area (Å²) in [5.41, 5.74) is 7.58. The normalized spacial score (nSPS) is 26.2. The number of nitrogens with zero attached hydrogens (tertiary/aromatic N) is 4. The number of piperidine rings is 1. The van der Waals surface area contributed by atoms with Crippen molar-refractivity contribution in [3.8, 4) is 0 Å². The number of rotatable bonds is 4. The molecular weight excluding hydrogens is 436 g/mol. The molecule has 34 heavy (non-hydrogen) atoms. The maximum atomic E-state index is 13.0. The van der Waals surface area contributed by atoms with Crippen LogP contribution in [-0.2, 0) is 9.53 Å².